The van der Waals surface area contributed by atoms with Gasteiger partial charge in [-0.15, -0.1) is 0 Å². The zero-order chi connectivity index (χ0) is 13.7. The number of likely N-dealkylation sites (tertiary alicyclic amines) is 1. The van der Waals surface area contributed by atoms with Crippen LogP contribution in [0.5, 0.6) is 0 Å². The third kappa shape index (κ3) is 5.07. The van der Waals surface area contributed by atoms with Gasteiger partial charge in [0.2, 0.25) is 0 Å². The van der Waals surface area contributed by atoms with Crippen molar-refractivity contribution in [3.63, 3.8) is 0 Å². The third-order valence-corrected chi connectivity index (χ3v) is 5.49. The molecular formula is C17H34N2. The summed E-state index contributed by atoms with van der Waals surface area (Å²) in [6, 6.07) is 0.809. The van der Waals surface area contributed by atoms with Gasteiger partial charge in [-0.05, 0) is 76.5 Å². The molecule has 2 fully saturated rings. The van der Waals surface area contributed by atoms with Crippen LogP contribution < -0.4 is 5.32 Å². The lowest BCUT2D eigenvalue weighted by atomic mass is 9.89. The smallest absolute Gasteiger partial charge is 0.00672 e. The van der Waals surface area contributed by atoms with E-state index in [9.17, 15) is 0 Å². The van der Waals surface area contributed by atoms with E-state index in [2.05, 4.69) is 31.1 Å². The van der Waals surface area contributed by atoms with Crippen molar-refractivity contribution in [3.05, 3.63) is 0 Å². The fourth-order valence-corrected chi connectivity index (χ4v) is 3.80. The largest absolute Gasteiger partial charge is 0.314 e. The summed E-state index contributed by atoms with van der Waals surface area (Å²) in [4.78, 5) is 2.47. The summed E-state index contributed by atoms with van der Waals surface area (Å²) in [6.07, 6.45) is 9.96. The average Bonchev–Trinajstić information content (AvgIpc) is 2.63. The molecule has 2 nitrogen and oxygen atoms in total. The van der Waals surface area contributed by atoms with Crippen molar-refractivity contribution in [2.24, 2.45) is 17.8 Å². The van der Waals surface area contributed by atoms with Crippen LogP contribution >= 0.6 is 0 Å². The van der Waals surface area contributed by atoms with Gasteiger partial charge in [0.15, 0.2) is 0 Å². The molecule has 1 saturated heterocycles. The Hall–Kier alpha value is -0.0800. The molecule has 2 heteroatoms. The van der Waals surface area contributed by atoms with E-state index in [-0.39, 0.29) is 0 Å². The number of nitrogens with zero attached hydrogens (tertiary/aromatic N) is 1. The second kappa shape index (κ2) is 7.64. The van der Waals surface area contributed by atoms with Crippen LogP contribution in [0.1, 0.15) is 58.8 Å². The highest BCUT2D eigenvalue weighted by molar-refractivity contribution is 4.79. The fourth-order valence-electron chi connectivity index (χ4n) is 3.80. The summed E-state index contributed by atoms with van der Waals surface area (Å²) in [5.74, 6) is 2.79. The lowest BCUT2D eigenvalue weighted by Crippen LogP contribution is -2.38. The first kappa shape index (κ1) is 15.3. The second-order valence-corrected chi connectivity index (χ2v) is 7.36. The maximum atomic E-state index is 3.89. The Balaban J connectivity index is 1.66. The van der Waals surface area contributed by atoms with Crippen molar-refractivity contribution in [2.75, 3.05) is 26.7 Å². The SMILES string of the molecule is CC(C)C1CCCC(NCC2CCN(C)CC2)CC1. The lowest BCUT2D eigenvalue weighted by molar-refractivity contribution is 0.211. The van der Waals surface area contributed by atoms with Gasteiger partial charge in [0.1, 0.15) is 0 Å². The van der Waals surface area contributed by atoms with Crippen molar-refractivity contribution in [1.29, 1.82) is 0 Å². The van der Waals surface area contributed by atoms with Gasteiger partial charge in [0, 0.05) is 6.04 Å². The van der Waals surface area contributed by atoms with E-state index < -0.39 is 0 Å². The molecule has 0 amide bonds. The topological polar surface area (TPSA) is 15.3 Å². The number of nitrogens with one attached hydrogen (secondary N) is 1. The van der Waals surface area contributed by atoms with Crippen molar-refractivity contribution in [1.82, 2.24) is 10.2 Å². The molecule has 112 valence electrons. The highest BCUT2D eigenvalue weighted by Gasteiger charge is 2.22. The van der Waals surface area contributed by atoms with Gasteiger partial charge in [-0.25, -0.2) is 0 Å². The zero-order valence-corrected chi connectivity index (χ0v) is 13.3. The Morgan fingerprint density at radius 1 is 1.00 bits per heavy atom. The molecule has 1 N–H and O–H groups in total. The van der Waals surface area contributed by atoms with E-state index >= 15 is 0 Å². The van der Waals surface area contributed by atoms with Crippen molar-refractivity contribution in [2.45, 2.75) is 64.8 Å². The minimum absolute atomic E-state index is 0.809. The molecule has 1 saturated carbocycles. The molecule has 2 rings (SSSR count). The molecule has 19 heavy (non-hydrogen) atoms. The molecular weight excluding hydrogens is 232 g/mol. The number of piperidine rings is 1. The van der Waals surface area contributed by atoms with Crippen LogP contribution in [-0.2, 0) is 0 Å². The molecule has 1 aliphatic heterocycles. The molecule has 2 atom stereocenters. The van der Waals surface area contributed by atoms with Crippen LogP contribution in [0.4, 0.5) is 0 Å². The Morgan fingerprint density at radius 2 is 1.74 bits per heavy atom. The van der Waals surface area contributed by atoms with Crippen molar-refractivity contribution in [3.8, 4) is 0 Å². The van der Waals surface area contributed by atoms with Crippen molar-refractivity contribution < 1.29 is 0 Å². The van der Waals surface area contributed by atoms with Crippen LogP contribution in [-0.4, -0.2) is 37.6 Å². The quantitative estimate of drug-likeness (QED) is 0.783. The Morgan fingerprint density at radius 3 is 2.42 bits per heavy atom. The first-order chi connectivity index (χ1) is 9.15. The summed E-state index contributed by atoms with van der Waals surface area (Å²) in [5, 5.41) is 3.89. The van der Waals surface area contributed by atoms with Crippen molar-refractivity contribution >= 4 is 0 Å². The second-order valence-electron chi connectivity index (χ2n) is 7.36. The van der Waals surface area contributed by atoms with Gasteiger partial charge in [-0.3, -0.25) is 0 Å². The average molecular weight is 266 g/mol. The molecule has 2 aliphatic rings. The first-order valence-electron chi connectivity index (χ1n) is 8.57. The van der Waals surface area contributed by atoms with Crippen LogP contribution in [0, 0.1) is 17.8 Å². The lowest BCUT2D eigenvalue weighted by Gasteiger charge is -2.30. The molecule has 1 aliphatic carbocycles. The minimum atomic E-state index is 0.809. The van der Waals surface area contributed by atoms with E-state index in [0.29, 0.717) is 0 Å². The third-order valence-electron chi connectivity index (χ3n) is 5.49. The zero-order valence-electron chi connectivity index (χ0n) is 13.3. The first-order valence-corrected chi connectivity index (χ1v) is 8.57. The molecule has 0 aromatic rings. The fraction of sp³-hybridized carbons (Fsp3) is 1.00. The summed E-state index contributed by atoms with van der Waals surface area (Å²) in [7, 11) is 2.25. The van der Waals surface area contributed by atoms with E-state index in [1.165, 1.54) is 64.6 Å². The Kier molecular flexibility index (Phi) is 6.15. The van der Waals surface area contributed by atoms with Gasteiger partial charge in [-0.2, -0.15) is 0 Å². The number of rotatable bonds is 4. The molecule has 2 unspecified atom stereocenters. The predicted octanol–water partition coefficient (Wildman–Crippen LogP) is 3.52. The van der Waals surface area contributed by atoms with Gasteiger partial charge < -0.3 is 10.2 Å². The summed E-state index contributed by atoms with van der Waals surface area (Å²) >= 11 is 0. The van der Waals surface area contributed by atoms with Gasteiger partial charge in [0.05, 0.1) is 0 Å². The summed E-state index contributed by atoms with van der Waals surface area (Å²) in [5.41, 5.74) is 0. The highest BCUT2D eigenvalue weighted by Crippen LogP contribution is 2.29. The highest BCUT2D eigenvalue weighted by atomic mass is 15.1. The molecule has 0 spiro atoms. The number of hydrogen-bond acceptors (Lipinski definition) is 2. The summed E-state index contributed by atoms with van der Waals surface area (Å²) < 4.78 is 0. The normalized spacial score (nSPS) is 31.6. The van der Waals surface area contributed by atoms with E-state index in [4.69, 9.17) is 0 Å². The molecule has 0 radical (unpaired) electrons. The monoisotopic (exact) mass is 266 g/mol. The molecule has 0 aromatic carbocycles. The van der Waals surface area contributed by atoms with E-state index in [1.807, 2.05) is 0 Å². The molecule has 1 heterocycles. The van der Waals surface area contributed by atoms with Crippen LogP contribution in [0.2, 0.25) is 0 Å². The minimum Gasteiger partial charge on any atom is -0.314 e. The summed E-state index contributed by atoms with van der Waals surface area (Å²) in [6.45, 7) is 8.66. The standard InChI is InChI=1S/C17H34N2/c1-14(2)16-5-4-6-17(8-7-16)18-13-15-9-11-19(3)12-10-15/h14-18H,4-13H2,1-3H3. The molecule has 0 aromatic heterocycles. The maximum Gasteiger partial charge on any atom is 0.00672 e. The van der Waals surface area contributed by atoms with Crippen LogP contribution in [0.25, 0.3) is 0 Å². The van der Waals surface area contributed by atoms with Crippen LogP contribution in [0.3, 0.4) is 0 Å². The Bertz CT molecular complexity index is 244. The predicted molar refractivity (Wildman–Crippen MR) is 83.4 cm³/mol. The maximum absolute atomic E-state index is 3.89. The molecule has 0 bridgehead atoms. The van der Waals surface area contributed by atoms with E-state index in [0.717, 1.165) is 23.8 Å². The Labute approximate surface area is 120 Å². The van der Waals surface area contributed by atoms with Gasteiger partial charge >= 0.3 is 0 Å². The van der Waals surface area contributed by atoms with E-state index in [1.54, 1.807) is 0 Å². The number of hydrogen-bond donors (Lipinski definition) is 1. The van der Waals surface area contributed by atoms with Gasteiger partial charge in [-0.1, -0.05) is 26.7 Å². The van der Waals surface area contributed by atoms with Gasteiger partial charge in [0.25, 0.3) is 0 Å². The van der Waals surface area contributed by atoms with Crippen LogP contribution in [0.15, 0.2) is 0 Å².